The molecule has 0 saturated heterocycles. The van der Waals surface area contributed by atoms with Crippen LogP contribution in [0.4, 0.5) is 0 Å². The van der Waals surface area contributed by atoms with Crippen molar-refractivity contribution in [1.82, 2.24) is 4.90 Å². The van der Waals surface area contributed by atoms with Crippen LogP contribution in [-0.4, -0.2) is 59.4 Å². The molecule has 0 amide bonds. The lowest BCUT2D eigenvalue weighted by Crippen LogP contribution is -2.44. The monoisotopic (exact) mass is 203 g/mol. The summed E-state index contributed by atoms with van der Waals surface area (Å²) in [6, 6.07) is 0. The van der Waals surface area contributed by atoms with Crippen LogP contribution >= 0.6 is 0 Å². The number of hydrogen-bond donors (Lipinski definition) is 0. The van der Waals surface area contributed by atoms with Gasteiger partial charge in [-0.15, -0.1) is 0 Å². The number of nitrogens with zero attached hydrogens (tertiary/aromatic N) is 1. The van der Waals surface area contributed by atoms with Gasteiger partial charge < -0.3 is 9.47 Å². The van der Waals surface area contributed by atoms with Crippen LogP contribution in [0.15, 0.2) is 0 Å². The standard InChI is InChI=1S/C10H23NO2.BH3/c1-10(2,3)11(6-8-12-4)7-9-13-5;/h6-9H2,1-5H3;1H3. The summed E-state index contributed by atoms with van der Waals surface area (Å²) in [6.07, 6.45) is 0. The maximum atomic E-state index is 5.06. The summed E-state index contributed by atoms with van der Waals surface area (Å²) in [4.78, 5) is 2.36. The lowest BCUT2D eigenvalue weighted by molar-refractivity contribution is 0.0597. The van der Waals surface area contributed by atoms with E-state index in [2.05, 4.69) is 25.7 Å². The average molecular weight is 203 g/mol. The highest BCUT2D eigenvalue weighted by molar-refractivity contribution is 5.75. The Morgan fingerprint density at radius 2 is 1.29 bits per heavy atom. The maximum Gasteiger partial charge on any atom is 0.0814 e. The highest BCUT2D eigenvalue weighted by Gasteiger charge is 2.19. The van der Waals surface area contributed by atoms with Gasteiger partial charge in [-0.2, -0.15) is 0 Å². The molecule has 0 aromatic heterocycles. The first kappa shape index (κ1) is 16.4. The predicted octanol–water partition coefficient (Wildman–Crippen LogP) is 0.196. The molecule has 0 saturated carbocycles. The first-order valence-electron chi connectivity index (χ1n) is 4.75. The molecular weight excluding hydrogens is 177 g/mol. The molecule has 0 spiro atoms. The third-order valence-corrected chi connectivity index (χ3v) is 2.08. The van der Waals surface area contributed by atoms with Crippen LogP contribution < -0.4 is 0 Å². The van der Waals surface area contributed by atoms with Crippen molar-refractivity contribution in [3.05, 3.63) is 0 Å². The molecule has 0 heterocycles. The molecular formula is C10H26BNO2. The molecule has 0 radical (unpaired) electrons. The van der Waals surface area contributed by atoms with Crippen LogP contribution in [0.1, 0.15) is 20.8 Å². The Labute approximate surface area is 90.3 Å². The Kier molecular flexibility index (Phi) is 9.67. The van der Waals surface area contributed by atoms with Crippen LogP contribution in [0.3, 0.4) is 0 Å². The maximum absolute atomic E-state index is 5.06. The van der Waals surface area contributed by atoms with E-state index in [9.17, 15) is 0 Å². The Hall–Kier alpha value is -0.0551. The minimum Gasteiger partial charge on any atom is -0.383 e. The zero-order valence-corrected chi connectivity index (χ0v) is 9.59. The fraction of sp³-hybridized carbons (Fsp3) is 1.00. The van der Waals surface area contributed by atoms with Crippen molar-refractivity contribution in [3.63, 3.8) is 0 Å². The number of ether oxygens (including phenoxy) is 2. The van der Waals surface area contributed by atoms with Crippen molar-refractivity contribution < 1.29 is 9.47 Å². The molecule has 0 unspecified atom stereocenters. The summed E-state index contributed by atoms with van der Waals surface area (Å²) in [7, 11) is 3.47. The molecule has 0 aliphatic heterocycles. The van der Waals surface area contributed by atoms with Crippen LogP contribution in [0.25, 0.3) is 0 Å². The van der Waals surface area contributed by atoms with E-state index in [0.29, 0.717) is 0 Å². The van der Waals surface area contributed by atoms with Gasteiger partial charge in [-0.05, 0) is 20.8 Å². The summed E-state index contributed by atoms with van der Waals surface area (Å²) in [5.41, 5.74) is 0.192. The van der Waals surface area contributed by atoms with Crippen LogP contribution in [0, 0.1) is 0 Å². The van der Waals surface area contributed by atoms with Crippen LogP contribution in [-0.2, 0) is 9.47 Å². The Bertz CT molecular complexity index is 118. The van der Waals surface area contributed by atoms with Crippen molar-refractivity contribution in [1.29, 1.82) is 0 Å². The SMILES string of the molecule is B.COCCN(CCOC)C(C)(C)C. The molecule has 0 aromatic rings. The van der Waals surface area contributed by atoms with Gasteiger partial charge in [-0.25, -0.2) is 0 Å². The fourth-order valence-corrected chi connectivity index (χ4v) is 1.19. The molecule has 0 N–H and O–H groups in total. The first-order chi connectivity index (χ1) is 6.02. The van der Waals surface area contributed by atoms with E-state index in [0.717, 1.165) is 26.3 Å². The second kappa shape index (κ2) is 8.27. The van der Waals surface area contributed by atoms with E-state index in [-0.39, 0.29) is 14.0 Å². The quantitative estimate of drug-likeness (QED) is 0.575. The van der Waals surface area contributed by atoms with Gasteiger partial charge in [0, 0.05) is 32.8 Å². The van der Waals surface area contributed by atoms with Crippen molar-refractivity contribution in [2.24, 2.45) is 0 Å². The van der Waals surface area contributed by atoms with Crippen molar-refractivity contribution >= 4 is 8.41 Å². The van der Waals surface area contributed by atoms with E-state index in [1.807, 2.05) is 0 Å². The Morgan fingerprint density at radius 3 is 1.50 bits per heavy atom. The number of rotatable bonds is 6. The molecule has 86 valence electrons. The Balaban J connectivity index is 0. The molecule has 0 atom stereocenters. The molecule has 3 nitrogen and oxygen atoms in total. The van der Waals surface area contributed by atoms with Gasteiger partial charge in [0.2, 0.25) is 0 Å². The molecule has 0 aromatic carbocycles. The van der Waals surface area contributed by atoms with Crippen molar-refractivity contribution in [2.45, 2.75) is 26.3 Å². The Morgan fingerprint density at radius 1 is 0.929 bits per heavy atom. The van der Waals surface area contributed by atoms with Gasteiger partial charge in [0.15, 0.2) is 0 Å². The van der Waals surface area contributed by atoms with Crippen molar-refractivity contribution in [2.75, 3.05) is 40.5 Å². The second-order valence-electron chi connectivity index (χ2n) is 4.14. The lowest BCUT2D eigenvalue weighted by atomic mass is 10.1. The average Bonchev–Trinajstić information content (AvgIpc) is 2.02. The van der Waals surface area contributed by atoms with Gasteiger partial charge in [0.1, 0.15) is 0 Å². The van der Waals surface area contributed by atoms with E-state index in [1.54, 1.807) is 14.2 Å². The minimum absolute atomic E-state index is 0. The van der Waals surface area contributed by atoms with Crippen LogP contribution in [0.2, 0.25) is 0 Å². The van der Waals surface area contributed by atoms with Gasteiger partial charge in [0.05, 0.1) is 21.6 Å². The normalized spacial score (nSPS) is 11.6. The summed E-state index contributed by atoms with van der Waals surface area (Å²) >= 11 is 0. The molecule has 0 bridgehead atoms. The van der Waals surface area contributed by atoms with Gasteiger partial charge in [0.25, 0.3) is 0 Å². The minimum atomic E-state index is 0. The lowest BCUT2D eigenvalue weighted by Gasteiger charge is -2.35. The molecule has 0 aliphatic carbocycles. The number of hydrogen-bond acceptors (Lipinski definition) is 3. The molecule has 14 heavy (non-hydrogen) atoms. The molecule has 0 rings (SSSR count). The van der Waals surface area contributed by atoms with Gasteiger partial charge in [-0.3, -0.25) is 4.90 Å². The molecule has 0 fully saturated rings. The highest BCUT2D eigenvalue weighted by Crippen LogP contribution is 2.11. The molecule has 0 aliphatic rings. The topological polar surface area (TPSA) is 21.7 Å². The predicted molar refractivity (Wildman–Crippen MR) is 65.0 cm³/mol. The smallest absolute Gasteiger partial charge is 0.0814 e. The molecule has 4 heteroatoms. The van der Waals surface area contributed by atoms with E-state index < -0.39 is 0 Å². The van der Waals surface area contributed by atoms with Gasteiger partial charge in [-0.1, -0.05) is 0 Å². The van der Waals surface area contributed by atoms with E-state index in [4.69, 9.17) is 9.47 Å². The third kappa shape index (κ3) is 7.36. The van der Waals surface area contributed by atoms with Gasteiger partial charge >= 0.3 is 0 Å². The number of methoxy groups -OCH3 is 2. The van der Waals surface area contributed by atoms with Crippen molar-refractivity contribution in [3.8, 4) is 0 Å². The summed E-state index contributed by atoms with van der Waals surface area (Å²) in [6.45, 7) is 10.1. The summed E-state index contributed by atoms with van der Waals surface area (Å²) in [5.74, 6) is 0. The van der Waals surface area contributed by atoms with E-state index >= 15 is 0 Å². The highest BCUT2D eigenvalue weighted by atomic mass is 16.5. The zero-order chi connectivity index (χ0) is 10.3. The first-order valence-corrected chi connectivity index (χ1v) is 4.75. The zero-order valence-electron chi connectivity index (χ0n) is 9.59. The summed E-state index contributed by atoms with van der Waals surface area (Å²) in [5, 5.41) is 0. The largest absolute Gasteiger partial charge is 0.383 e. The third-order valence-electron chi connectivity index (χ3n) is 2.08. The van der Waals surface area contributed by atoms with E-state index in [1.165, 1.54) is 0 Å². The fourth-order valence-electron chi connectivity index (χ4n) is 1.19. The summed E-state index contributed by atoms with van der Waals surface area (Å²) < 4.78 is 10.1. The second-order valence-corrected chi connectivity index (χ2v) is 4.14. The van der Waals surface area contributed by atoms with Crippen LogP contribution in [0.5, 0.6) is 0 Å².